The molecule has 0 N–H and O–H groups in total. The lowest BCUT2D eigenvalue weighted by atomic mass is 10.1. The van der Waals surface area contributed by atoms with Crippen molar-refractivity contribution in [1.82, 2.24) is 4.98 Å². The number of aromatic nitrogens is 1. The molecule has 2 aromatic rings. The quantitative estimate of drug-likeness (QED) is 0.414. The molecule has 0 saturated carbocycles. The number of benzene rings is 1. The van der Waals surface area contributed by atoms with Gasteiger partial charge < -0.3 is 0 Å². The minimum Gasteiger partial charge on any atom is -0.253 e. The van der Waals surface area contributed by atoms with Gasteiger partial charge in [-0.15, -0.1) is 0 Å². The zero-order valence-electron chi connectivity index (χ0n) is 8.38. The Kier molecular flexibility index (Phi) is 2.52. The van der Waals surface area contributed by atoms with E-state index >= 15 is 0 Å². The molecule has 0 atom stereocenters. The summed E-state index contributed by atoms with van der Waals surface area (Å²) >= 11 is 0. The third-order valence-electron chi connectivity index (χ3n) is 2.20. The average molecular weight is 198 g/mol. The molecule has 0 aliphatic rings. The van der Waals surface area contributed by atoms with E-state index in [1.165, 1.54) is 5.56 Å². The van der Waals surface area contributed by atoms with Crippen LogP contribution in [0.5, 0.6) is 0 Å². The normalized spacial score (nSPS) is 9.93. The van der Waals surface area contributed by atoms with Gasteiger partial charge >= 0.3 is 0 Å². The third kappa shape index (κ3) is 2.06. The van der Waals surface area contributed by atoms with Gasteiger partial charge in [0, 0.05) is 16.0 Å². The van der Waals surface area contributed by atoms with Gasteiger partial charge in [0.2, 0.25) is 0 Å². The molecular formula is C11H10N4. The summed E-state index contributed by atoms with van der Waals surface area (Å²) in [5.74, 6) is 0. The second-order valence-corrected chi connectivity index (χ2v) is 3.39. The third-order valence-corrected chi connectivity index (χ3v) is 2.20. The summed E-state index contributed by atoms with van der Waals surface area (Å²) in [6, 6.07) is 9.96. The molecule has 4 nitrogen and oxygen atoms in total. The lowest BCUT2D eigenvalue weighted by Gasteiger charge is -2.00. The van der Waals surface area contributed by atoms with Crippen LogP contribution in [0.2, 0.25) is 0 Å². The van der Waals surface area contributed by atoms with Crippen molar-refractivity contribution >= 4 is 10.9 Å². The zero-order valence-corrected chi connectivity index (χ0v) is 8.38. The molecule has 15 heavy (non-hydrogen) atoms. The largest absolute Gasteiger partial charge is 0.253 e. The van der Waals surface area contributed by atoms with Gasteiger partial charge in [0.1, 0.15) is 0 Å². The smallest absolute Gasteiger partial charge is 0.0705 e. The summed E-state index contributed by atoms with van der Waals surface area (Å²) in [6.07, 6.45) is 0. The van der Waals surface area contributed by atoms with Gasteiger partial charge in [-0.2, -0.15) is 0 Å². The fourth-order valence-electron chi connectivity index (χ4n) is 1.48. The highest BCUT2D eigenvalue weighted by Crippen LogP contribution is 2.14. The van der Waals surface area contributed by atoms with Crippen molar-refractivity contribution in [3.63, 3.8) is 0 Å². The van der Waals surface area contributed by atoms with Crippen molar-refractivity contribution in [3.8, 4) is 0 Å². The van der Waals surface area contributed by atoms with E-state index < -0.39 is 0 Å². The molecule has 0 bridgehead atoms. The van der Waals surface area contributed by atoms with Crippen LogP contribution in [0.25, 0.3) is 21.3 Å². The molecular weight excluding hydrogens is 188 g/mol. The molecule has 0 saturated heterocycles. The van der Waals surface area contributed by atoms with Gasteiger partial charge in [0.15, 0.2) is 0 Å². The van der Waals surface area contributed by atoms with Crippen LogP contribution >= 0.6 is 0 Å². The van der Waals surface area contributed by atoms with E-state index in [0.717, 1.165) is 16.6 Å². The van der Waals surface area contributed by atoms with E-state index in [2.05, 4.69) is 21.1 Å². The first-order valence-electron chi connectivity index (χ1n) is 4.67. The Morgan fingerprint density at radius 1 is 1.33 bits per heavy atom. The van der Waals surface area contributed by atoms with E-state index in [1.807, 2.05) is 31.2 Å². The number of fused-ring (bicyclic) bond motifs is 1. The summed E-state index contributed by atoms with van der Waals surface area (Å²) in [5, 5.41) is 4.60. The van der Waals surface area contributed by atoms with Crippen molar-refractivity contribution in [2.24, 2.45) is 5.11 Å². The molecule has 2 rings (SSSR count). The van der Waals surface area contributed by atoms with E-state index in [4.69, 9.17) is 5.53 Å². The zero-order chi connectivity index (χ0) is 10.7. The highest BCUT2D eigenvalue weighted by molar-refractivity contribution is 5.79. The van der Waals surface area contributed by atoms with Crippen LogP contribution in [0, 0.1) is 6.92 Å². The molecule has 0 aliphatic heterocycles. The Bertz CT molecular complexity index is 541. The molecule has 1 heterocycles. The molecule has 0 aliphatic carbocycles. The van der Waals surface area contributed by atoms with Gasteiger partial charge in [-0.1, -0.05) is 22.8 Å². The van der Waals surface area contributed by atoms with Crippen molar-refractivity contribution in [3.05, 3.63) is 52.0 Å². The number of nitrogens with zero attached hydrogens (tertiary/aromatic N) is 4. The fraction of sp³-hybridized carbons (Fsp3) is 0.182. The maximum absolute atomic E-state index is 8.21. The topological polar surface area (TPSA) is 61.7 Å². The molecule has 1 aromatic carbocycles. The Labute approximate surface area is 87.2 Å². The van der Waals surface area contributed by atoms with E-state index in [1.54, 1.807) is 0 Å². The summed E-state index contributed by atoms with van der Waals surface area (Å²) in [6.45, 7) is 2.35. The van der Waals surface area contributed by atoms with E-state index in [0.29, 0.717) is 6.54 Å². The highest BCUT2D eigenvalue weighted by atomic mass is 15.1. The first-order valence-corrected chi connectivity index (χ1v) is 4.67. The molecule has 0 amide bonds. The molecule has 0 fully saturated rings. The SMILES string of the molecule is Cc1ccc2nc(CN=[N+]=[N-])ccc2c1. The lowest BCUT2D eigenvalue weighted by molar-refractivity contribution is 0.990. The van der Waals surface area contributed by atoms with Crippen molar-refractivity contribution < 1.29 is 0 Å². The number of hydrogen-bond acceptors (Lipinski definition) is 2. The Morgan fingerprint density at radius 3 is 3.00 bits per heavy atom. The number of pyridine rings is 1. The average Bonchev–Trinajstić information content (AvgIpc) is 2.26. The molecule has 4 heteroatoms. The summed E-state index contributed by atoms with van der Waals surface area (Å²) in [7, 11) is 0. The molecule has 0 radical (unpaired) electrons. The molecule has 0 spiro atoms. The van der Waals surface area contributed by atoms with Gasteiger partial charge in [0.05, 0.1) is 12.1 Å². The molecule has 74 valence electrons. The second kappa shape index (κ2) is 3.98. The number of azide groups is 1. The highest BCUT2D eigenvalue weighted by Gasteiger charge is 1.97. The fourth-order valence-corrected chi connectivity index (χ4v) is 1.48. The number of aryl methyl sites for hydroxylation is 1. The first kappa shape index (κ1) is 9.49. The second-order valence-electron chi connectivity index (χ2n) is 3.39. The lowest BCUT2D eigenvalue weighted by Crippen LogP contribution is -1.88. The summed E-state index contributed by atoms with van der Waals surface area (Å²) < 4.78 is 0. The van der Waals surface area contributed by atoms with Crippen molar-refractivity contribution in [2.75, 3.05) is 0 Å². The van der Waals surface area contributed by atoms with E-state index in [9.17, 15) is 0 Å². The monoisotopic (exact) mass is 198 g/mol. The molecule has 1 aromatic heterocycles. The first-order chi connectivity index (χ1) is 7.29. The summed E-state index contributed by atoms with van der Waals surface area (Å²) in [5.41, 5.74) is 11.2. The van der Waals surface area contributed by atoms with Crippen LogP contribution in [0.4, 0.5) is 0 Å². The number of hydrogen-bond donors (Lipinski definition) is 0. The Hall–Kier alpha value is -2.06. The van der Waals surface area contributed by atoms with Crippen LogP contribution in [-0.4, -0.2) is 4.98 Å². The van der Waals surface area contributed by atoms with Gasteiger partial charge in [-0.25, -0.2) is 0 Å². The van der Waals surface area contributed by atoms with Gasteiger partial charge in [-0.3, -0.25) is 4.98 Å². The van der Waals surface area contributed by atoms with Gasteiger partial charge in [-0.05, 0) is 30.7 Å². The minimum atomic E-state index is 0.306. The Balaban J connectivity index is 2.47. The van der Waals surface area contributed by atoms with Gasteiger partial charge in [0.25, 0.3) is 0 Å². The predicted molar refractivity (Wildman–Crippen MR) is 59.3 cm³/mol. The summed E-state index contributed by atoms with van der Waals surface area (Å²) in [4.78, 5) is 7.10. The minimum absolute atomic E-state index is 0.306. The van der Waals surface area contributed by atoms with E-state index in [-0.39, 0.29) is 0 Å². The van der Waals surface area contributed by atoms with Crippen LogP contribution in [0.3, 0.4) is 0 Å². The van der Waals surface area contributed by atoms with Crippen LogP contribution in [0.15, 0.2) is 35.4 Å². The van der Waals surface area contributed by atoms with Crippen LogP contribution < -0.4 is 0 Å². The van der Waals surface area contributed by atoms with Crippen molar-refractivity contribution in [2.45, 2.75) is 13.5 Å². The maximum atomic E-state index is 8.21. The van der Waals surface area contributed by atoms with Crippen molar-refractivity contribution in [1.29, 1.82) is 0 Å². The number of rotatable bonds is 2. The van der Waals surface area contributed by atoms with Crippen LogP contribution in [0.1, 0.15) is 11.3 Å². The Morgan fingerprint density at radius 2 is 2.20 bits per heavy atom. The predicted octanol–water partition coefficient (Wildman–Crippen LogP) is 3.35. The molecule has 0 unspecified atom stereocenters. The van der Waals surface area contributed by atoms with Crippen LogP contribution in [-0.2, 0) is 6.54 Å². The maximum Gasteiger partial charge on any atom is 0.0705 e. The standard InChI is InChI=1S/C11H10N4/c1-8-2-5-11-9(6-8)3-4-10(14-11)7-13-15-12/h2-6H,7H2,1H3.